The van der Waals surface area contributed by atoms with Crippen LogP contribution < -0.4 is 16.0 Å². The van der Waals surface area contributed by atoms with Crippen molar-refractivity contribution in [3.8, 4) is 0 Å². The first-order valence-electron chi connectivity index (χ1n) is 9.04. The molecule has 1 heterocycles. The van der Waals surface area contributed by atoms with E-state index in [4.69, 9.17) is 0 Å². The minimum absolute atomic E-state index is 0.0408. The first kappa shape index (κ1) is 16.8. The van der Waals surface area contributed by atoms with Crippen LogP contribution >= 0.6 is 0 Å². The smallest absolute Gasteiger partial charge is 0.253 e. The van der Waals surface area contributed by atoms with Crippen molar-refractivity contribution in [3.63, 3.8) is 0 Å². The third kappa shape index (κ3) is 3.35. The molecule has 0 spiro atoms. The Kier molecular flexibility index (Phi) is 4.71. The van der Waals surface area contributed by atoms with Crippen LogP contribution in [0.2, 0.25) is 0 Å². The molecule has 0 radical (unpaired) electrons. The molecular formula is C21H22FN3O. The number of carbonyl (C=O) groups is 1. The Morgan fingerprint density at radius 1 is 1.04 bits per heavy atom. The van der Waals surface area contributed by atoms with E-state index in [-0.39, 0.29) is 23.7 Å². The standard InChI is InChI=1S/C21H22FN3O/c22-15-8-6-14(7-9-15)19-17-10-11-18(20(17)24-13-12-23-19)21(26)25-16-4-2-1-3-5-16/h1-9,17,19,23-24H,10-13H2,(H,25,26)/t17-,19+/m1/s1. The van der Waals surface area contributed by atoms with Gasteiger partial charge in [0, 0.05) is 42.0 Å². The van der Waals surface area contributed by atoms with E-state index in [1.165, 1.54) is 12.1 Å². The number of hydrogen-bond acceptors (Lipinski definition) is 3. The van der Waals surface area contributed by atoms with E-state index < -0.39 is 0 Å². The number of benzene rings is 2. The monoisotopic (exact) mass is 351 g/mol. The molecule has 134 valence electrons. The van der Waals surface area contributed by atoms with E-state index in [2.05, 4.69) is 16.0 Å². The molecular weight excluding hydrogens is 329 g/mol. The van der Waals surface area contributed by atoms with Gasteiger partial charge < -0.3 is 16.0 Å². The molecule has 2 aromatic carbocycles. The topological polar surface area (TPSA) is 53.2 Å². The summed E-state index contributed by atoms with van der Waals surface area (Å²) in [6.45, 7) is 1.57. The minimum Gasteiger partial charge on any atom is -0.386 e. The number of hydrogen-bond donors (Lipinski definition) is 3. The average Bonchev–Trinajstić information content (AvgIpc) is 2.96. The molecule has 1 aliphatic heterocycles. The van der Waals surface area contributed by atoms with E-state index in [1.807, 2.05) is 42.5 Å². The first-order valence-corrected chi connectivity index (χ1v) is 9.04. The lowest BCUT2D eigenvalue weighted by molar-refractivity contribution is -0.113. The number of carbonyl (C=O) groups excluding carboxylic acids is 1. The van der Waals surface area contributed by atoms with Crippen molar-refractivity contribution in [1.29, 1.82) is 0 Å². The molecule has 5 heteroatoms. The molecule has 0 bridgehead atoms. The summed E-state index contributed by atoms with van der Waals surface area (Å²) in [5.41, 5.74) is 3.71. The number of fused-ring (bicyclic) bond motifs is 1. The highest BCUT2D eigenvalue weighted by atomic mass is 19.1. The lowest BCUT2D eigenvalue weighted by Gasteiger charge is -2.24. The van der Waals surface area contributed by atoms with E-state index >= 15 is 0 Å². The summed E-state index contributed by atoms with van der Waals surface area (Å²) < 4.78 is 13.3. The number of rotatable bonds is 3. The molecule has 3 N–H and O–H groups in total. The summed E-state index contributed by atoms with van der Waals surface area (Å²) in [6, 6.07) is 16.3. The SMILES string of the molecule is O=C(Nc1ccccc1)C1=C2NCCN[C@@H](c3ccc(F)cc3)[C@H]2CC1. The third-order valence-electron chi connectivity index (χ3n) is 5.14. The quantitative estimate of drug-likeness (QED) is 0.795. The van der Waals surface area contributed by atoms with Crippen molar-refractivity contribution in [2.75, 3.05) is 18.4 Å². The van der Waals surface area contributed by atoms with Crippen molar-refractivity contribution in [2.45, 2.75) is 18.9 Å². The molecule has 1 fully saturated rings. The maximum atomic E-state index is 13.3. The van der Waals surface area contributed by atoms with Crippen LogP contribution in [0.4, 0.5) is 10.1 Å². The highest BCUT2D eigenvalue weighted by molar-refractivity contribution is 6.04. The summed E-state index contributed by atoms with van der Waals surface area (Å²) >= 11 is 0. The third-order valence-corrected chi connectivity index (χ3v) is 5.14. The van der Waals surface area contributed by atoms with E-state index in [9.17, 15) is 9.18 Å². The van der Waals surface area contributed by atoms with Gasteiger partial charge in [-0.3, -0.25) is 4.79 Å². The van der Waals surface area contributed by atoms with Crippen molar-refractivity contribution < 1.29 is 9.18 Å². The fourth-order valence-corrected chi connectivity index (χ4v) is 3.93. The number of nitrogens with one attached hydrogen (secondary N) is 3. The predicted octanol–water partition coefficient (Wildman–Crippen LogP) is 3.36. The van der Waals surface area contributed by atoms with Gasteiger partial charge in [0.2, 0.25) is 0 Å². The zero-order valence-electron chi connectivity index (χ0n) is 14.5. The number of para-hydroxylation sites is 1. The second kappa shape index (κ2) is 7.30. The van der Waals surface area contributed by atoms with E-state index in [1.54, 1.807) is 0 Å². The Balaban J connectivity index is 1.60. The zero-order valence-corrected chi connectivity index (χ0v) is 14.5. The van der Waals surface area contributed by atoms with E-state index in [0.717, 1.165) is 48.5 Å². The fourth-order valence-electron chi connectivity index (χ4n) is 3.93. The van der Waals surface area contributed by atoms with Gasteiger partial charge in [-0.25, -0.2) is 4.39 Å². The normalized spacial score (nSPS) is 22.3. The second-order valence-corrected chi connectivity index (χ2v) is 6.77. The van der Waals surface area contributed by atoms with Crippen LogP contribution in [0, 0.1) is 11.7 Å². The van der Waals surface area contributed by atoms with E-state index in [0.29, 0.717) is 0 Å². The maximum Gasteiger partial charge on any atom is 0.253 e. The minimum atomic E-state index is -0.231. The van der Waals surface area contributed by atoms with Crippen LogP contribution in [0.15, 0.2) is 65.9 Å². The largest absolute Gasteiger partial charge is 0.386 e. The Morgan fingerprint density at radius 2 is 1.81 bits per heavy atom. The van der Waals surface area contributed by atoms with Crippen molar-refractivity contribution in [3.05, 3.63) is 77.2 Å². The van der Waals surface area contributed by atoms with Crippen molar-refractivity contribution in [1.82, 2.24) is 10.6 Å². The number of anilines is 1. The molecule has 26 heavy (non-hydrogen) atoms. The summed E-state index contributed by atoms with van der Waals surface area (Å²) in [5, 5.41) is 9.99. The second-order valence-electron chi connectivity index (χ2n) is 6.77. The van der Waals surface area contributed by atoms with Crippen LogP contribution in [-0.4, -0.2) is 19.0 Å². The predicted molar refractivity (Wildman–Crippen MR) is 100.0 cm³/mol. The highest BCUT2D eigenvalue weighted by Gasteiger charge is 2.36. The van der Waals surface area contributed by atoms with Crippen molar-refractivity contribution in [2.24, 2.45) is 5.92 Å². The molecule has 1 saturated heterocycles. The molecule has 2 aliphatic rings. The molecule has 1 aliphatic carbocycles. The van der Waals surface area contributed by atoms with Gasteiger partial charge >= 0.3 is 0 Å². The Bertz CT molecular complexity index is 817. The fraction of sp³-hybridized carbons (Fsp3) is 0.286. The van der Waals surface area contributed by atoms with Crippen LogP contribution in [0.1, 0.15) is 24.4 Å². The molecule has 2 atom stereocenters. The van der Waals surface area contributed by atoms with Gasteiger partial charge in [-0.15, -0.1) is 0 Å². The molecule has 4 rings (SSSR count). The van der Waals surface area contributed by atoms with Gasteiger partial charge in [-0.05, 0) is 42.7 Å². The molecule has 0 unspecified atom stereocenters. The van der Waals surface area contributed by atoms with Crippen LogP contribution in [0.5, 0.6) is 0 Å². The first-order chi connectivity index (χ1) is 12.7. The Morgan fingerprint density at radius 3 is 2.58 bits per heavy atom. The maximum absolute atomic E-state index is 13.3. The summed E-state index contributed by atoms with van der Waals surface area (Å²) in [4.78, 5) is 12.8. The summed E-state index contributed by atoms with van der Waals surface area (Å²) in [6.07, 6.45) is 1.64. The molecule has 0 aromatic heterocycles. The highest BCUT2D eigenvalue weighted by Crippen LogP contribution is 2.40. The van der Waals surface area contributed by atoms with Gasteiger partial charge in [0.1, 0.15) is 5.82 Å². The van der Waals surface area contributed by atoms with Gasteiger partial charge in [0.15, 0.2) is 0 Å². The van der Waals surface area contributed by atoms with Crippen LogP contribution in [-0.2, 0) is 4.79 Å². The van der Waals surface area contributed by atoms with Gasteiger partial charge in [0.05, 0.1) is 0 Å². The Hall–Kier alpha value is -2.66. The lowest BCUT2D eigenvalue weighted by atomic mass is 9.91. The molecule has 1 amide bonds. The van der Waals surface area contributed by atoms with Gasteiger partial charge in [-0.1, -0.05) is 30.3 Å². The summed E-state index contributed by atoms with van der Waals surface area (Å²) in [7, 11) is 0. The van der Waals surface area contributed by atoms with Crippen molar-refractivity contribution >= 4 is 11.6 Å². The summed E-state index contributed by atoms with van der Waals surface area (Å²) in [5.74, 6) is -0.0777. The Labute approximate surface area is 152 Å². The molecule has 4 nitrogen and oxygen atoms in total. The zero-order chi connectivity index (χ0) is 17.9. The molecule has 0 saturated carbocycles. The number of amides is 1. The number of halogens is 1. The lowest BCUT2D eigenvalue weighted by Crippen LogP contribution is -2.27. The average molecular weight is 351 g/mol. The van der Waals surface area contributed by atoms with Crippen LogP contribution in [0.3, 0.4) is 0 Å². The van der Waals surface area contributed by atoms with Gasteiger partial charge in [-0.2, -0.15) is 0 Å². The van der Waals surface area contributed by atoms with Crippen LogP contribution in [0.25, 0.3) is 0 Å². The molecule has 2 aromatic rings. The van der Waals surface area contributed by atoms with Gasteiger partial charge in [0.25, 0.3) is 5.91 Å².